The van der Waals surface area contributed by atoms with Crippen LogP contribution in [0.5, 0.6) is 0 Å². The lowest BCUT2D eigenvalue weighted by Gasteiger charge is -2.45. The Morgan fingerprint density at radius 1 is 1.06 bits per heavy atom. The molecule has 0 spiro atoms. The van der Waals surface area contributed by atoms with E-state index in [2.05, 4.69) is 55.7 Å². The van der Waals surface area contributed by atoms with Crippen molar-refractivity contribution in [2.45, 2.75) is 57.2 Å². The van der Waals surface area contributed by atoms with Crippen LogP contribution in [0.15, 0.2) is 42.5 Å². The third-order valence-electron chi connectivity index (χ3n) is 4.82. The summed E-state index contributed by atoms with van der Waals surface area (Å²) in [6, 6.07) is 13.0. The minimum Gasteiger partial charge on any atom is -0.294 e. The van der Waals surface area contributed by atoms with Crippen molar-refractivity contribution in [1.29, 1.82) is 0 Å². The maximum absolute atomic E-state index is 4.38. The molecule has 0 radical (unpaired) electrons. The summed E-state index contributed by atoms with van der Waals surface area (Å²) in [5, 5.41) is 0. The monoisotopic (exact) mass is 241 g/mol. The number of nitrogens with zero attached hydrogens (tertiary/aromatic N) is 1. The van der Waals surface area contributed by atoms with Gasteiger partial charge in [-0.2, -0.15) is 0 Å². The van der Waals surface area contributed by atoms with Crippen LogP contribution in [0.2, 0.25) is 0 Å². The Morgan fingerprint density at radius 3 is 2.50 bits per heavy atom. The molecule has 18 heavy (non-hydrogen) atoms. The zero-order valence-corrected chi connectivity index (χ0v) is 11.5. The summed E-state index contributed by atoms with van der Waals surface area (Å²) in [6.45, 7) is 9.13. The highest BCUT2D eigenvalue weighted by Crippen LogP contribution is 2.45. The molecule has 1 nitrogen and oxygen atoms in total. The van der Waals surface area contributed by atoms with E-state index < -0.39 is 0 Å². The Bertz CT molecular complexity index is 436. The molecule has 2 aliphatic heterocycles. The van der Waals surface area contributed by atoms with Crippen LogP contribution in [0.4, 0.5) is 0 Å². The van der Waals surface area contributed by atoms with Gasteiger partial charge in [0.05, 0.1) is 0 Å². The van der Waals surface area contributed by atoms with Crippen LogP contribution < -0.4 is 0 Å². The van der Waals surface area contributed by atoms with Gasteiger partial charge in [0.1, 0.15) is 0 Å². The second-order valence-electron chi connectivity index (χ2n) is 6.04. The van der Waals surface area contributed by atoms with Crippen LogP contribution in [-0.4, -0.2) is 23.0 Å². The molecular weight excluding hydrogens is 218 g/mol. The number of hydrogen-bond acceptors (Lipinski definition) is 1. The Labute approximate surface area is 111 Å². The predicted octanol–water partition coefficient (Wildman–Crippen LogP) is 3.97. The molecular formula is C17H23N. The molecule has 1 heteroatoms. The minimum absolute atomic E-state index is 0.548. The van der Waals surface area contributed by atoms with E-state index in [0.29, 0.717) is 18.0 Å². The van der Waals surface area contributed by atoms with Gasteiger partial charge in [-0.05, 0) is 38.7 Å². The largest absolute Gasteiger partial charge is 0.294 e. The number of rotatable bonds is 1. The molecule has 0 amide bonds. The third-order valence-corrected chi connectivity index (χ3v) is 4.82. The third kappa shape index (κ3) is 1.81. The summed E-state index contributed by atoms with van der Waals surface area (Å²) in [4.78, 5) is 2.74. The fraction of sp³-hybridized carbons (Fsp3) is 0.529. The smallest absolute Gasteiger partial charge is 0.0208 e. The molecule has 0 unspecified atom stereocenters. The van der Waals surface area contributed by atoms with Gasteiger partial charge in [-0.3, -0.25) is 4.90 Å². The number of fused-ring (bicyclic) bond motifs is 1. The Hall–Kier alpha value is -1.08. The highest BCUT2D eigenvalue weighted by Gasteiger charge is 2.43. The lowest BCUT2D eigenvalue weighted by molar-refractivity contribution is 0.110. The van der Waals surface area contributed by atoms with Crippen LogP contribution in [0.3, 0.4) is 0 Å². The van der Waals surface area contributed by atoms with Crippen molar-refractivity contribution in [3.8, 4) is 0 Å². The Morgan fingerprint density at radius 2 is 1.78 bits per heavy atom. The summed E-state index contributed by atoms with van der Waals surface area (Å²) in [7, 11) is 0. The van der Waals surface area contributed by atoms with Crippen LogP contribution in [-0.2, 0) is 0 Å². The van der Waals surface area contributed by atoms with Gasteiger partial charge in [0, 0.05) is 24.0 Å². The highest BCUT2D eigenvalue weighted by molar-refractivity contribution is 5.33. The first-order valence-electron chi connectivity index (χ1n) is 7.18. The fourth-order valence-corrected chi connectivity index (χ4v) is 4.14. The zero-order chi connectivity index (χ0) is 12.7. The molecule has 3 rings (SSSR count). The van der Waals surface area contributed by atoms with Gasteiger partial charge in [-0.25, -0.2) is 0 Å². The summed E-state index contributed by atoms with van der Waals surface area (Å²) in [5.41, 5.74) is 2.89. The summed E-state index contributed by atoms with van der Waals surface area (Å²) in [6.07, 6.45) is 3.82. The van der Waals surface area contributed by atoms with E-state index in [9.17, 15) is 0 Å². The van der Waals surface area contributed by atoms with Crippen molar-refractivity contribution in [2.24, 2.45) is 0 Å². The summed E-state index contributed by atoms with van der Waals surface area (Å²) in [5.74, 6) is 0.548. The van der Waals surface area contributed by atoms with Gasteiger partial charge in [0.2, 0.25) is 0 Å². The summed E-state index contributed by atoms with van der Waals surface area (Å²) >= 11 is 0. The topological polar surface area (TPSA) is 3.24 Å². The van der Waals surface area contributed by atoms with Crippen molar-refractivity contribution in [2.75, 3.05) is 0 Å². The first-order chi connectivity index (χ1) is 8.68. The predicted molar refractivity (Wildman–Crippen MR) is 76.7 cm³/mol. The van der Waals surface area contributed by atoms with Gasteiger partial charge in [0.25, 0.3) is 0 Å². The second-order valence-corrected chi connectivity index (χ2v) is 6.04. The lowest BCUT2D eigenvalue weighted by Crippen LogP contribution is -2.48. The Kier molecular flexibility index (Phi) is 3.03. The van der Waals surface area contributed by atoms with Crippen molar-refractivity contribution in [3.05, 3.63) is 48.0 Å². The minimum atomic E-state index is 0.548. The van der Waals surface area contributed by atoms with Crippen LogP contribution in [0, 0.1) is 0 Å². The van der Waals surface area contributed by atoms with E-state index in [1.54, 1.807) is 0 Å². The standard InChI is InChI=1S/C17H23N/c1-12-11-14(3)18-13(2)9-10-16(18)17(12)15-7-5-4-6-8-15/h4-8,13-14,16-17H,1,9-11H2,2-3H3/t13-,14-,16+,17+/m0/s1. The first-order valence-corrected chi connectivity index (χ1v) is 7.18. The molecule has 1 aromatic carbocycles. The molecule has 1 aromatic rings. The molecule has 0 aliphatic carbocycles. The molecule has 4 atom stereocenters. The van der Waals surface area contributed by atoms with Crippen molar-refractivity contribution >= 4 is 0 Å². The molecule has 2 saturated heterocycles. The van der Waals surface area contributed by atoms with E-state index in [0.717, 1.165) is 12.5 Å². The van der Waals surface area contributed by atoms with Gasteiger partial charge in [-0.15, -0.1) is 0 Å². The van der Waals surface area contributed by atoms with E-state index in [-0.39, 0.29) is 0 Å². The lowest BCUT2D eigenvalue weighted by atomic mass is 9.78. The molecule has 0 aromatic heterocycles. The molecule has 96 valence electrons. The van der Waals surface area contributed by atoms with Crippen LogP contribution >= 0.6 is 0 Å². The SMILES string of the molecule is C=C1C[C@H](C)N2[C@H](CC[C@@H]2C)[C@H]1c1ccccc1. The van der Waals surface area contributed by atoms with E-state index in [1.165, 1.54) is 24.0 Å². The van der Waals surface area contributed by atoms with Gasteiger partial charge in [-0.1, -0.05) is 42.5 Å². The highest BCUT2D eigenvalue weighted by atomic mass is 15.2. The number of piperidine rings is 1. The molecule has 0 saturated carbocycles. The average Bonchev–Trinajstić information content (AvgIpc) is 2.73. The van der Waals surface area contributed by atoms with Crippen LogP contribution in [0.1, 0.15) is 44.6 Å². The Balaban J connectivity index is 1.96. The first kappa shape index (κ1) is 12.0. The van der Waals surface area contributed by atoms with Crippen LogP contribution in [0.25, 0.3) is 0 Å². The summed E-state index contributed by atoms with van der Waals surface area (Å²) < 4.78 is 0. The molecule has 2 aliphatic rings. The second kappa shape index (κ2) is 4.55. The van der Waals surface area contributed by atoms with Crippen molar-refractivity contribution in [1.82, 2.24) is 4.90 Å². The number of hydrogen-bond donors (Lipinski definition) is 0. The van der Waals surface area contributed by atoms with Crippen molar-refractivity contribution in [3.63, 3.8) is 0 Å². The fourth-order valence-electron chi connectivity index (χ4n) is 4.14. The van der Waals surface area contributed by atoms with E-state index in [1.807, 2.05) is 0 Å². The quantitative estimate of drug-likeness (QED) is 0.672. The average molecular weight is 241 g/mol. The molecule has 2 heterocycles. The van der Waals surface area contributed by atoms with Crippen molar-refractivity contribution < 1.29 is 0 Å². The molecule has 0 N–H and O–H groups in total. The van der Waals surface area contributed by atoms with E-state index >= 15 is 0 Å². The van der Waals surface area contributed by atoms with Gasteiger partial charge in [0.15, 0.2) is 0 Å². The molecule has 2 fully saturated rings. The maximum Gasteiger partial charge on any atom is 0.0208 e. The normalized spacial score (nSPS) is 36.7. The van der Waals surface area contributed by atoms with Gasteiger partial charge < -0.3 is 0 Å². The van der Waals surface area contributed by atoms with E-state index in [4.69, 9.17) is 0 Å². The van der Waals surface area contributed by atoms with Gasteiger partial charge >= 0.3 is 0 Å². The zero-order valence-electron chi connectivity index (χ0n) is 11.5. The maximum atomic E-state index is 4.38. The molecule has 0 bridgehead atoms. The number of benzene rings is 1.